The highest BCUT2D eigenvalue weighted by atomic mass is 16.5. The first-order valence-corrected chi connectivity index (χ1v) is 8.40. The van der Waals surface area contributed by atoms with E-state index >= 15 is 0 Å². The van der Waals surface area contributed by atoms with Crippen LogP contribution in [-0.4, -0.2) is 61.5 Å². The highest BCUT2D eigenvalue weighted by Crippen LogP contribution is 2.29. The molecule has 2 rings (SSSR count). The molecular weight excluding hydrogens is 252 g/mol. The maximum absolute atomic E-state index is 10.1. The Kier molecular flexibility index (Phi) is 6.75. The van der Waals surface area contributed by atoms with Gasteiger partial charge >= 0.3 is 0 Å². The summed E-state index contributed by atoms with van der Waals surface area (Å²) in [6.07, 6.45) is 7.48. The second-order valence-electron chi connectivity index (χ2n) is 6.63. The molecule has 2 N–H and O–H groups in total. The number of nitrogens with zero attached hydrogens (tertiary/aromatic N) is 1. The lowest BCUT2D eigenvalue weighted by atomic mass is 9.85. The second-order valence-corrected chi connectivity index (χ2v) is 6.63. The number of ether oxygens (including phenoxy) is 1. The maximum atomic E-state index is 10.1. The molecule has 118 valence electrons. The van der Waals surface area contributed by atoms with E-state index in [1.165, 1.54) is 38.5 Å². The van der Waals surface area contributed by atoms with Gasteiger partial charge in [0.2, 0.25) is 0 Å². The van der Waals surface area contributed by atoms with Crippen LogP contribution < -0.4 is 5.32 Å². The topological polar surface area (TPSA) is 44.7 Å². The molecule has 1 heterocycles. The third-order valence-electron chi connectivity index (χ3n) is 4.90. The third-order valence-corrected chi connectivity index (χ3v) is 4.90. The number of hydrogen-bond donors (Lipinski definition) is 2. The fraction of sp³-hybridized carbons (Fsp3) is 1.00. The van der Waals surface area contributed by atoms with E-state index in [1.807, 2.05) is 0 Å². The Morgan fingerprint density at radius 1 is 1.30 bits per heavy atom. The van der Waals surface area contributed by atoms with Crippen LogP contribution in [-0.2, 0) is 4.74 Å². The Hall–Kier alpha value is -0.160. The van der Waals surface area contributed by atoms with Gasteiger partial charge in [0.05, 0.1) is 18.8 Å². The fourth-order valence-electron chi connectivity index (χ4n) is 3.56. The van der Waals surface area contributed by atoms with Crippen molar-refractivity contribution in [3.63, 3.8) is 0 Å². The molecule has 2 fully saturated rings. The van der Waals surface area contributed by atoms with Gasteiger partial charge in [-0.2, -0.15) is 0 Å². The number of aliphatic hydroxyl groups is 1. The Labute approximate surface area is 123 Å². The van der Waals surface area contributed by atoms with Crippen molar-refractivity contribution in [2.45, 2.75) is 63.7 Å². The van der Waals surface area contributed by atoms with E-state index in [0.717, 1.165) is 13.1 Å². The zero-order valence-electron chi connectivity index (χ0n) is 13.2. The fourth-order valence-corrected chi connectivity index (χ4v) is 3.56. The van der Waals surface area contributed by atoms with Crippen molar-refractivity contribution in [2.75, 3.05) is 33.3 Å². The van der Waals surface area contributed by atoms with E-state index < -0.39 is 0 Å². The monoisotopic (exact) mass is 284 g/mol. The lowest BCUT2D eigenvalue weighted by molar-refractivity contribution is -0.0502. The zero-order chi connectivity index (χ0) is 14.4. The van der Waals surface area contributed by atoms with Crippen molar-refractivity contribution >= 4 is 0 Å². The normalized spacial score (nSPS) is 33.5. The highest BCUT2D eigenvalue weighted by Gasteiger charge is 2.25. The quantitative estimate of drug-likeness (QED) is 0.746. The molecule has 0 spiro atoms. The van der Waals surface area contributed by atoms with Gasteiger partial charge in [-0.25, -0.2) is 0 Å². The second kappa shape index (κ2) is 8.32. The van der Waals surface area contributed by atoms with Crippen LogP contribution in [0.2, 0.25) is 0 Å². The van der Waals surface area contributed by atoms with Crippen molar-refractivity contribution in [1.29, 1.82) is 0 Å². The number of likely N-dealkylation sites (tertiary alicyclic amines) is 1. The van der Waals surface area contributed by atoms with Crippen molar-refractivity contribution < 1.29 is 9.84 Å². The molecule has 1 saturated carbocycles. The molecule has 4 heteroatoms. The Balaban J connectivity index is 1.60. The predicted octanol–water partition coefficient (Wildman–Crippen LogP) is 1.63. The summed E-state index contributed by atoms with van der Waals surface area (Å²) in [5, 5.41) is 13.5. The largest absolute Gasteiger partial charge is 0.389 e. The summed E-state index contributed by atoms with van der Waals surface area (Å²) in [5.74, 6) is 0.701. The van der Waals surface area contributed by atoms with Crippen LogP contribution in [0, 0.1) is 5.92 Å². The lowest BCUT2D eigenvalue weighted by Gasteiger charge is -2.31. The molecule has 4 atom stereocenters. The van der Waals surface area contributed by atoms with Crippen molar-refractivity contribution in [2.24, 2.45) is 5.92 Å². The Morgan fingerprint density at radius 2 is 2.10 bits per heavy atom. The number of rotatable bonds is 7. The average molecular weight is 284 g/mol. The minimum atomic E-state index is -0.375. The minimum absolute atomic E-state index is 0.375. The van der Waals surface area contributed by atoms with Gasteiger partial charge in [-0.1, -0.05) is 26.2 Å². The molecule has 4 nitrogen and oxygen atoms in total. The molecule has 1 aliphatic heterocycles. The van der Waals surface area contributed by atoms with Crippen LogP contribution in [0.5, 0.6) is 0 Å². The van der Waals surface area contributed by atoms with Crippen molar-refractivity contribution in [3.8, 4) is 0 Å². The first-order chi connectivity index (χ1) is 9.69. The first-order valence-electron chi connectivity index (χ1n) is 8.40. The zero-order valence-corrected chi connectivity index (χ0v) is 13.2. The van der Waals surface area contributed by atoms with E-state index in [4.69, 9.17) is 4.74 Å². The van der Waals surface area contributed by atoms with E-state index in [2.05, 4.69) is 24.2 Å². The van der Waals surface area contributed by atoms with Crippen LogP contribution in [0.15, 0.2) is 0 Å². The van der Waals surface area contributed by atoms with Crippen LogP contribution in [0.1, 0.15) is 45.4 Å². The lowest BCUT2D eigenvalue weighted by Crippen LogP contribution is -2.40. The summed E-state index contributed by atoms with van der Waals surface area (Å²) < 4.78 is 5.98. The van der Waals surface area contributed by atoms with Crippen molar-refractivity contribution in [3.05, 3.63) is 0 Å². The SMILES string of the molecule is CCC1CCCCC1OCC(O)CNC1CCN(C)C1. The van der Waals surface area contributed by atoms with Gasteiger partial charge in [0, 0.05) is 19.1 Å². The standard InChI is InChI=1S/C16H32N2O2/c1-3-13-6-4-5-7-16(13)20-12-15(19)10-17-14-8-9-18(2)11-14/h13-17,19H,3-12H2,1-2H3. The number of nitrogens with one attached hydrogen (secondary N) is 1. The summed E-state index contributed by atoms with van der Waals surface area (Å²) in [5.41, 5.74) is 0. The first kappa shape index (κ1) is 16.2. The molecule has 0 aromatic heterocycles. The van der Waals surface area contributed by atoms with Gasteiger partial charge in [-0.05, 0) is 38.8 Å². The summed E-state index contributed by atoms with van der Waals surface area (Å²) in [6.45, 7) is 5.64. The van der Waals surface area contributed by atoms with E-state index in [-0.39, 0.29) is 6.10 Å². The molecule has 0 bridgehead atoms. The molecule has 0 aromatic carbocycles. The smallest absolute Gasteiger partial charge is 0.0897 e. The minimum Gasteiger partial charge on any atom is -0.389 e. The van der Waals surface area contributed by atoms with Crippen LogP contribution in [0.3, 0.4) is 0 Å². The summed E-state index contributed by atoms with van der Waals surface area (Å²) in [6, 6.07) is 0.535. The third kappa shape index (κ3) is 4.99. The Bertz CT molecular complexity index is 275. The molecule has 2 aliphatic rings. The molecule has 1 saturated heterocycles. The number of likely N-dealkylation sites (N-methyl/N-ethyl adjacent to an activating group) is 1. The van der Waals surface area contributed by atoms with Gasteiger partial charge in [0.25, 0.3) is 0 Å². The van der Waals surface area contributed by atoms with Crippen LogP contribution >= 0.6 is 0 Å². The summed E-state index contributed by atoms with van der Waals surface area (Å²) >= 11 is 0. The molecule has 4 unspecified atom stereocenters. The van der Waals surface area contributed by atoms with Crippen LogP contribution in [0.25, 0.3) is 0 Å². The van der Waals surface area contributed by atoms with Gasteiger partial charge < -0.3 is 20.1 Å². The van der Waals surface area contributed by atoms with Gasteiger partial charge in [0.1, 0.15) is 0 Å². The molecule has 20 heavy (non-hydrogen) atoms. The van der Waals surface area contributed by atoms with E-state index in [9.17, 15) is 5.11 Å². The molecule has 0 amide bonds. The molecular formula is C16H32N2O2. The Morgan fingerprint density at radius 3 is 2.80 bits per heavy atom. The maximum Gasteiger partial charge on any atom is 0.0897 e. The van der Waals surface area contributed by atoms with Gasteiger partial charge in [-0.3, -0.25) is 0 Å². The molecule has 1 aliphatic carbocycles. The highest BCUT2D eigenvalue weighted by molar-refractivity contribution is 4.80. The number of aliphatic hydroxyl groups excluding tert-OH is 1. The predicted molar refractivity (Wildman–Crippen MR) is 81.9 cm³/mol. The summed E-state index contributed by atoms with van der Waals surface area (Å²) in [4.78, 5) is 2.33. The average Bonchev–Trinajstić information content (AvgIpc) is 2.89. The van der Waals surface area contributed by atoms with Gasteiger partial charge in [-0.15, -0.1) is 0 Å². The van der Waals surface area contributed by atoms with E-state index in [0.29, 0.717) is 31.2 Å². The van der Waals surface area contributed by atoms with Crippen LogP contribution in [0.4, 0.5) is 0 Å². The van der Waals surface area contributed by atoms with Gasteiger partial charge in [0.15, 0.2) is 0 Å². The summed E-state index contributed by atoms with van der Waals surface area (Å²) in [7, 11) is 2.15. The van der Waals surface area contributed by atoms with Crippen molar-refractivity contribution in [1.82, 2.24) is 10.2 Å². The number of hydrogen-bond acceptors (Lipinski definition) is 4. The van der Waals surface area contributed by atoms with E-state index in [1.54, 1.807) is 0 Å². The molecule has 0 aromatic rings. The molecule has 0 radical (unpaired) electrons.